The molecule has 0 unspecified atom stereocenters. The number of cyclic esters (lactones) is 1. The van der Waals surface area contributed by atoms with Crippen LogP contribution in [0, 0.1) is 34.5 Å². The van der Waals surface area contributed by atoms with Gasteiger partial charge in [0.1, 0.15) is 24.2 Å². The van der Waals surface area contributed by atoms with E-state index in [0.717, 1.165) is 63.4 Å². The summed E-state index contributed by atoms with van der Waals surface area (Å²) in [6, 6.07) is 13.3. The van der Waals surface area contributed by atoms with Gasteiger partial charge in [-0.3, -0.25) is 0 Å². The second-order valence-corrected chi connectivity index (χ2v) is 17.6. The molecule has 5 fully saturated rings. The molecule has 11 heteroatoms. The summed E-state index contributed by atoms with van der Waals surface area (Å²) in [7, 11) is 3.12. The molecule has 0 radical (unpaired) electrons. The Labute approximate surface area is 329 Å². The Morgan fingerprint density at radius 3 is 2.07 bits per heavy atom. The van der Waals surface area contributed by atoms with Crippen LogP contribution in [0.2, 0.25) is 0 Å². The van der Waals surface area contributed by atoms with E-state index in [0.29, 0.717) is 41.1 Å². The normalized spacial score (nSPS) is 38.9. The van der Waals surface area contributed by atoms with E-state index in [2.05, 4.69) is 13.8 Å². The molecule has 0 aromatic heterocycles. The Bertz CT molecular complexity index is 1820. The van der Waals surface area contributed by atoms with Crippen molar-refractivity contribution in [2.75, 3.05) is 20.8 Å². The fourth-order valence-electron chi connectivity index (χ4n) is 11.9. The van der Waals surface area contributed by atoms with E-state index in [4.69, 9.17) is 33.2 Å². The monoisotopic (exact) mass is 772 g/mol. The molecule has 4 saturated carbocycles. The van der Waals surface area contributed by atoms with Crippen molar-refractivity contribution >= 4 is 17.9 Å². The molecule has 302 valence electrons. The summed E-state index contributed by atoms with van der Waals surface area (Å²) in [5.41, 5.74) is 0.818. The molecule has 56 heavy (non-hydrogen) atoms. The van der Waals surface area contributed by atoms with Crippen LogP contribution in [0.4, 0.5) is 0 Å². The van der Waals surface area contributed by atoms with Crippen molar-refractivity contribution in [2.45, 2.75) is 121 Å². The third kappa shape index (κ3) is 6.81. The van der Waals surface area contributed by atoms with Crippen molar-refractivity contribution in [1.82, 2.24) is 0 Å². The number of aliphatic hydroxyl groups is 1. The maximum atomic E-state index is 13.5. The van der Waals surface area contributed by atoms with Gasteiger partial charge in [0, 0.05) is 17.9 Å². The average molecular weight is 773 g/mol. The molecule has 4 aliphatic carbocycles. The van der Waals surface area contributed by atoms with Gasteiger partial charge in [-0.25, -0.2) is 14.4 Å². The third-order valence-electron chi connectivity index (χ3n) is 15.1. The zero-order chi connectivity index (χ0) is 39.4. The summed E-state index contributed by atoms with van der Waals surface area (Å²) < 4.78 is 41.1. The first-order chi connectivity index (χ1) is 26.8. The number of carbonyl (C=O) groups is 3. The Hall–Kier alpha value is -3.93. The molecule has 2 heterocycles. The number of rotatable bonds is 9. The van der Waals surface area contributed by atoms with Gasteiger partial charge in [-0.2, -0.15) is 0 Å². The van der Waals surface area contributed by atoms with E-state index in [1.807, 2.05) is 6.92 Å². The number of carbonyl (C=O) groups excluding carboxylic acids is 3. The van der Waals surface area contributed by atoms with Crippen molar-refractivity contribution in [3.8, 4) is 11.5 Å². The van der Waals surface area contributed by atoms with Crippen LogP contribution in [0.25, 0.3) is 0 Å². The smallest absolute Gasteiger partial charge is 0.338 e. The quantitative estimate of drug-likeness (QED) is 0.157. The van der Waals surface area contributed by atoms with Gasteiger partial charge >= 0.3 is 17.9 Å². The van der Waals surface area contributed by atoms with Crippen molar-refractivity contribution in [2.24, 2.45) is 34.5 Å². The van der Waals surface area contributed by atoms with Crippen LogP contribution in [0.3, 0.4) is 0 Å². The lowest BCUT2D eigenvalue weighted by Crippen LogP contribution is -2.62. The zero-order valence-electron chi connectivity index (χ0n) is 33.2. The highest BCUT2D eigenvalue weighted by Gasteiger charge is 2.67. The van der Waals surface area contributed by atoms with E-state index in [1.165, 1.54) is 0 Å². The van der Waals surface area contributed by atoms with Gasteiger partial charge in [0.05, 0.1) is 43.2 Å². The lowest BCUT2D eigenvalue weighted by molar-refractivity contribution is -0.270. The molecule has 6 aliphatic rings. The minimum Gasteiger partial charge on any atom is -0.497 e. The minimum atomic E-state index is -0.868. The molecule has 0 amide bonds. The van der Waals surface area contributed by atoms with Gasteiger partial charge in [0.2, 0.25) is 0 Å². The largest absolute Gasteiger partial charge is 0.497 e. The predicted molar refractivity (Wildman–Crippen MR) is 204 cm³/mol. The van der Waals surface area contributed by atoms with E-state index in [1.54, 1.807) is 68.8 Å². The average Bonchev–Trinajstić information content (AvgIpc) is 3.75. The van der Waals surface area contributed by atoms with Crippen molar-refractivity contribution in [3.63, 3.8) is 0 Å². The SMILES string of the molecule is COc1ccc(C(=O)O[C@H]2[C@@H](OC(=O)c3ccc(OC)cc3)C[C@H](O[C@H]3CC[C@@]4(C)[C@H](CC[C@@H]5[C@@H]4CC[C@]4(C)[C@@H](C6=CC(=O)OC6)CC[C@]54O)C3)O[C@@H]2C)cc1. The van der Waals surface area contributed by atoms with E-state index in [9.17, 15) is 19.5 Å². The molecule has 8 rings (SSSR count). The Balaban J connectivity index is 0.943. The van der Waals surface area contributed by atoms with Gasteiger partial charge in [-0.05, 0) is 148 Å². The number of esters is 3. The lowest BCUT2D eigenvalue weighted by atomic mass is 9.43. The Kier molecular flexibility index (Phi) is 10.5. The number of benzene rings is 2. The van der Waals surface area contributed by atoms with Crippen LogP contribution in [0.1, 0.15) is 106 Å². The Morgan fingerprint density at radius 1 is 0.786 bits per heavy atom. The maximum absolute atomic E-state index is 13.5. The molecule has 1 saturated heterocycles. The minimum absolute atomic E-state index is 0.0437. The molecule has 0 spiro atoms. The topological polar surface area (TPSA) is 136 Å². The molecule has 2 aromatic carbocycles. The second-order valence-electron chi connectivity index (χ2n) is 17.6. The highest BCUT2D eigenvalue weighted by atomic mass is 16.7. The molecule has 2 aromatic rings. The fraction of sp³-hybridized carbons (Fsp3) is 0.622. The van der Waals surface area contributed by atoms with Crippen LogP contribution in [-0.2, 0) is 28.5 Å². The summed E-state index contributed by atoms with van der Waals surface area (Å²) in [6.07, 6.45) is 7.30. The van der Waals surface area contributed by atoms with Crippen LogP contribution in [0.15, 0.2) is 60.2 Å². The predicted octanol–water partition coefficient (Wildman–Crippen LogP) is 7.23. The molecular formula is C45H56O11. The summed E-state index contributed by atoms with van der Waals surface area (Å²) >= 11 is 0. The lowest BCUT2D eigenvalue weighted by Gasteiger charge is -2.64. The summed E-state index contributed by atoms with van der Waals surface area (Å²) in [5, 5.41) is 12.6. The number of hydrogen-bond donors (Lipinski definition) is 1. The van der Waals surface area contributed by atoms with Crippen LogP contribution < -0.4 is 9.47 Å². The fourth-order valence-corrected chi connectivity index (χ4v) is 11.9. The molecular weight excluding hydrogens is 716 g/mol. The van der Waals surface area contributed by atoms with E-state index in [-0.39, 0.29) is 41.2 Å². The molecule has 11 nitrogen and oxygen atoms in total. The van der Waals surface area contributed by atoms with Crippen molar-refractivity contribution < 1.29 is 52.6 Å². The summed E-state index contributed by atoms with van der Waals surface area (Å²) in [5.74, 6) is 1.15. The molecule has 1 N–H and O–H groups in total. The van der Waals surface area contributed by atoms with Crippen LogP contribution in [-0.4, -0.2) is 80.1 Å². The van der Waals surface area contributed by atoms with E-state index >= 15 is 0 Å². The van der Waals surface area contributed by atoms with E-state index < -0.39 is 42.1 Å². The number of fused-ring (bicyclic) bond motifs is 5. The number of hydrogen-bond acceptors (Lipinski definition) is 11. The van der Waals surface area contributed by atoms with Gasteiger partial charge in [0.25, 0.3) is 0 Å². The second kappa shape index (κ2) is 15.1. The van der Waals surface area contributed by atoms with Crippen LogP contribution in [0.5, 0.6) is 11.5 Å². The number of ether oxygens (including phenoxy) is 7. The van der Waals surface area contributed by atoms with Gasteiger partial charge in [-0.15, -0.1) is 0 Å². The standard InChI is InChI=1S/C45H56O11/c1-26-40(56-42(48)28-8-13-32(51-5)14-9-28)37(55-41(47)27-6-11-31(50-4)12-7-27)24-39(53-26)54-33-16-19-43(2)30(23-33)10-15-36-35(43)17-20-44(3)34(18-21-45(36,44)49)29-22-38(46)52-25-29/h6-9,11-14,22,26,30,33-37,39-40,49H,10,15-21,23-25H2,1-5H3/t26-,30-,33+,34-,35+,36-,37+,39+,40-,43+,44-,45+/m1/s1. The van der Waals surface area contributed by atoms with Crippen molar-refractivity contribution in [3.05, 3.63) is 71.3 Å². The first kappa shape index (κ1) is 38.9. The van der Waals surface area contributed by atoms with Crippen molar-refractivity contribution in [1.29, 1.82) is 0 Å². The molecule has 2 aliphatic heterocycles. The third-order valence-corrected chi connectivity index (χ3v) is 15.1. The Morgan fingerprint density at radius 2 is 1.45 bits per heavy atom. The summed E-state index contributed by atoms with van der Waals surface area (Å²) in [6.45, 7) is 6.89. The number of methoxy groups -OCH3 is 2. The van der Waals surface area contributed by atoms with Gasteiger partial charge in [0.15, 0.2) is 12.4 Å². The maximum Gasteiger partial charge on any atom is 0.338 e. The molecule has 12 atom stereocenters. The first-order valence-electron chi connectivity index (χ1n) is 20.5. The van der Waals surface area contributed by atoms with Gasteiger partial charge < -0.3 is 38.3 Å². The summed E-state index contributed by atoms with van der Waals surface area (Å²) in [4.78, 5) is 38.8. The molecule has 0 bridgehead atoms. The first-order valence-corrected chi connectivity index (χ1v) is 20.5. The highest BCUT2D eigenvalue weighted by Crippen LogP contribution is 2.70. The zero-order valence-corrected chi connectivity index (χ0v) is 33.2. The van der Waals surface area contributed by atoms with Gasteiger partial charge in [-0.1, -0.05) is 13.8 Å². The highest BCUT2D eigenvalue weighted by molar-refractivity contribution is 5.90. The van der Waals surface area contributed by atoms with Crippen LogP contribution >= 0.6 is 0 Å².